The maximum Gasteiger partial charge on any atom is 0.124 e. The van der Waals surface area contributed by atoms with Crippen LogP contribution in [0.3, 0.4) is 0 Å². The van der Waals surface area contributed by atoms with Crippen LogP contribution in [-0.2, 0) is 0 Å². The van der Waals surface area contributed by atoms with E-state index in [1.54, 1.807) is 36.7 Å². The minimum absolute atomic E-state index is 0.203. The second-order valence-corrected chi connectivity index (χ2v) is 7.63. The number of hydrazone groups is 2. The highest BCUT2D eigenvalue weighted by Gasteiger charge is 2.13. The molecule has 0 aliphatic carbocycles. The number of benzene rings is 2. The molecule has 0 bridgehead atoms. The summed E-state index contributed by atoms with van der Waals surface area (Å²) in [4.78, 5) is 0. The van der Waals surface area contributed by atoms with Gasteiger partial charge < -0.3 is 10.2 Å². The number of aromatic hydroxyl groups is 2. The molecule has 1 aliphatic rings. The Morgan fingerprint density at radius 2 is 1.12 bits per heavy atom. The first kappa shape index (κ1) is 18.7. The molecule has 1 saturated heterocycles. The van der Waals surface area contributed by atoms with Crippen LogP contribution < -0.4 is 0 Å². The molecule has 0 spiro atoms. The lowest BCUT2D eigenvalue weighted by atomic mass is 10.2. The average Bonchev–Trinajstić information content (AvgIpc) is 2.64. The van der Waals surface area contributed by atoms with E-state index in [0.717, 1.165) is 35.1 Å². The van der Waals surface area contributed by atoms with Crippen LogP contribution >= 0.6 is 31.9 Å². The van der Waals surface area contributed by atoms with Crippen molar-refractivity contribution in [2.45, 2.75) is 0 Å². The highest BCUT2D eigenvalue weighted by Crippen LogP contribution is 2.21. The zero-order chi connectivity index (χ0) is 18.5. The van der Waals surface area contributed by atoms with Crippen LogP contribution in [0.25, 0.3) is 0 Å². The van der Waals surface area contributed by atoms with E-state index in [1.807, 2.05) is 22.2 Å². The van der Waals surface area contributed by atoms with Gasteiger partial charge in [-0.1, -0.05) is 31.9 Å². The predicted molar refractivity (Wildman–Crippen MR) is 110 cm³/mol. The third-order valence-corrected chi connectivity index (χ3v) is 4.92. The van der Waals surface area contributed by atoms with Crippen LogP contribution in [0.15, 0.2) is 55.5 Å². The van der Waals surface area contributed by atoms with Gasteiger partial charge in [-0.05, 0) is 36.4 Å². The number of phenolic OH excluding ortho intramolecular Hbond substituents is 2. The minimum Gasteiger partial charge on any atom is -0.507 e. The normalized spacial score (nSPS) is 15.3. The van der Waals surface area contributed by atoms with Crippen LogP contribution in [0.4, 0.5) is 0 Å². The number of nitrogens with zero attached hydrogens (tertiary/aromatic N) is 4. The van der Waals surface area contributed by atoms with Gasteiger partial charge in [-0.3, -0.25) is 10.0 Å². The fraction of sp³-hybridized carbons (Fsp3) is 0.222. The summed E-state index contributed by atoms with van der Waals surface area (Å²) in [5.74, 6) is 0.406. The van der Waals surface area contributed by atoms with E-state index in [9.17, 15) is 10.2 Å². The van der Waals surface area contributed by atoms with E-state index >= 15 is 0 Å². The number of rotatable bonds is 4. The van der Waals surface area contributed by atoms with Crippen molar-refractivity contribution in [1.29, 1.82) is 0 Å². The molecule has 8 heteroatoms. The van der Waals surface area contributed by atoms with Crippen molar-refractivity contribution in [3.8, 4) is 11.5 Å². The fourth-order valence-corrected chi connectivity index (χ4v) is 3.22. The molecular formula is C18H18Br2N4O2. The molecule has 3 rings (SSSR count). The molecule has 0 aromatic heterocycles. The molecule has 0 amide bonds. The first-order valence-electron chi connectivity index (χ1n) is 8.06. The van der Waals surface area contributed by atoms with Gasteiger partial charge in [0.2, 0.25) is 0 Å². The van der Waals surface area contributed by atoms with Gasteiger partial charge in [0.25, 0.3) is 0 Å². The third-order valence-electron chi connectivity index (χ3n) is 3.93. The van der Waals surface area contributed by atoms with Gasteiger partial charge in [-0.25, -0.2) is 0 Å². The molecule has 136 valence electrons. The summed E-state index contributed by atoms with van der Waals surface area (Å²) >= 11 is 6.77. The lowest BCUT2D eigenvalue weighted by molar-refractivity contribution is 0.141. The SMILES string of the molecule is Oc1ccc(Br)cc1/C=N\N1CCN(/N=C/c2cc(Br)ccc2O)CC1. The van der Waals surface area contributed by atoms with Gasteiger partial charge in [0.15, 0.2) is 0 Å². The minimum atomic E-state index is 0.203. The molecule has 1 heterocycles. The fourth-order valence-electron chi connectivity index (χ4n) is 2.46. The van der Waals surface area contributed by atoms with Gasteiger partial charge >= 0.3 is 0 Å². The molecule has 1 aliphatic heterocycles. The van der Waals surface area contributed by atoms with Crippen LogP contribution in [0.2, 0.25) is 0 Å². The highest BCUT2D eigenvalue weighted by atomic mass is 79.9. The molecule has 2 N–H and O–H groups in total. The van der Waals surface area contributed by atoms with E-state index in [-0.39, 0.29) is 11.5 Å². The maximum absolute atomic E-state index is 9.84. The zero-order valence-electron chi connectivity index (χ0n) is 13.9. The largest absolute Gasteiger partial charge is 0.507 e. The predicted octanol–water partition coefficient (Wildman–Crippen LogP) is 3.61. The molecule has 2 aromatic carbocycles. The monoisotopic (exact) mass is 480 g/mol. The topological polar surface area (TPSA) is 71.7 Å². The molecule has 2 aromatic rings. The Kier molecular flexibility index (Phi) is 6.16. The third kappa shape index (κ3) is 4.98. The van der Waals surface area contributed by atoms with E-state index in [4.69, 9.17) is 0 Å². The quantitative estimate of drug-likeness (QED) is 0.654. The van der Waals surface area contributed by atoms with Gasteiger partial charge in [-0.2, -0.15) is 10.2 Å². The molecule has 0 radical (unpaired) electrons. The van der Waals surface area contributed by atoms with Crippen LogP contribution in [0.5, 0.6) is 11.5 Å². The van der Waals surface area contributed by atoms with Gasteiger partial charge in [0.05, 0.1) is 38.6 Å². The number of hydrogen-bond acceptors (Lipinski definition) is 6. The molecule has 1 fully saturated rings. The first-order valence-corrected chi connectivity index (χ1v) is 9.65. The smallest absolute Gasteiger partial charge is 0.124 e. The van der Waals surface area contributed by atoms with E-state index in [2.05, 4.69) is 42.1 Å². The van der Waals surface area contributed by atoms with E-state index in [0.29, 0.717) is 11.1 Å². The lowest BCUT2D eigenvalue weighted by Crippen LogP contribution is -2.41. The van der Waals surface area contributed by atoms with Crippen molar-refractivity contribution in [1.82, 2.24) is 10.0 Å². The summed E-state index contributed by atoms with van der Waals surface area (Å²) in [7, 11) is 0. The summed E-state index contributed by atoms with van der Waals surface area (Å²) in [6.07, 6.45) is 3.33. The number of piperazine rings is 1. The molecule has 0 unspecified atom stereocenters. The summed E-state index contributed by atoms with van der Waals surface area (Å²) in [6, 6.07) is 10.5. The Bertz CT molecular complexity index is 764. The Labute approximate surface area is 168 Å². The van der Waals surface area contributed by atoms with Gasteiger partial charge in [-0.15, -0.1) is 0 Å². The molecular weight excluding hydrogens is 464 g/mol. The van der Waals surface area contributed by atoms with Crippen molar-refractivity contribution in [2.75, 3.05) is 26.2 Å². The van der Waals surface area contributed by atoms with Gasteiger partial charge in [0, 0.05) is 20.1 Å². The van der Waals surface area contributed by atoms with Crippen LogP contribution in [0, 0.1) is 0 Å². The van der Waals surface area contributed by atoms with E-state index < -0.39 is 0 Å². The average molecular weight is 482 g/mol. The summed E-state index contributed by atoms with van der Waals surface area (Å²) in [5.41, 5.74) is 1.34. The Hall–Kier alpha value is -2.06. The highest BCUT2D eigenvalue weighted by molar-refractivity contribution is 9.10. The van der Waals surface area contributed by atoms with Crippen molar-refractivity contribution in [3.63, 3.8) is 0 Å². The molecule has 26 heavy (non-hydrogen) atoms. The molecule has 0 atom stereocenters. The van der Waals surface area contributed by atoms with Crippen molar-refractivity contribution >= 4 is 44.3 Å². The zero-order valence-corrected chi connectivity index (χ0v) is 17.1. The lowest BCUT2D eigenvalue weighted by Gasteiger charge is -2.31. The number of halogens is 2. The van der Waals surface area contributed by atoms with Crippen LogP contribution in [0.1, 0.15) is 11.1 Å². The molecule has 6 nitrogen and oxygen atoms in total. The van der Waals surface area contributed by atoms with Crippen LogP contribution in [-0.4, -0.2) is 58.8 Å². The molecule has 0 saturated carbocycles. The number of hydrogen-bond donors (Lipinski definition) is 2. The Morgan fingerprint density at radius 1 is 0.731 bits per heavy atom. The maximum atomic E-state index is 9.84. The summed E-state index contributed by atoms with van der Waals surface area (Å²) in [5, 5.41) is 32.5. The van der Waals surface area contributed by atoms with Gasteiger partial charge in [0.1, 0.15) is 11.5 Å². The second-order valence-electron chi connectivity index (χ2n) is 5.80. The van der Waals surface area contributed by atoms with Crippen molar-refractivity contribution in [3.05, 3.63) is 56.5 Å². The summed E-state index contributed by atoms with van der Waals surface area (Å²) in [6.45, 7) is 2.92. The van der Waals surface area contributed by atoms with Crippen molar-refractivity contribution < 1.29 is 10.2 Å². The Balaban J connectivity index is 1.56. The van der Waals surface area contributed by atoms with E-state index in [1.165, 1.54) is 0 Å². The first-order chi connectivity index (χ1) is 12.5. The number of phenols is 2. The standard InChI is InChI=1S/C18H18Br2N4O2/c19-15-1-3-17(25)13(9-15)11-21-23-5-7-24(8-6-23)22-12-14-10-16(20)2-4-18(14)26/h1-4,9-12,25-26H,5-8H2/b21-11-,22-12+. The Morgan fingerprint density at radius 3 is 1.50 bits per heavy atom. The summed E-state index contributed by atoms with van der Waals surface area (Å²) < 4.78 is 1.79. The second kappa shape index (κ2) is 8.55. The van der Waals surface area contributed by atoms with Crippen molar-refractivity contribution in [2.24, 2.45) is 10.2 Å².